The lowest BCUT2D eigenvalue weighted by atomic mass is 10.1. The van der Waals surface area contributed by atoms with E-state index in [1.165, 1.54) is 0 Å². The summed E-state index contributed by atoms with van der Waals surface area (Å²) in [7, 11) is -0.184. The summed E-state index contributed by atoms with van der Waals surface area (Å²) in [6, 6.07) is 5.07. The van der Waals surface area contributed by atoms with Gasteiger partial charge in [0.05, 0.1) is 27.2 Å². The highest BCUT2D eigenvalue weighted by Crippen LogP contribution is 2.30. The summed E-state index contributed by atoms with van der Waals surface area (Å²) in [5, 5.41) is 0.705. The third-order valence-electron chi connectivity index (χ3n) is 3.76. The van der Waals surface area contributed by atoms with Crippen molar-refractivity contribution in [3.05, 3.63) is 30.0 Å². The molecule has 1 heterocycles. The van der Waals surface area contributed by atoms with E-state index in [9.17, 15) is 8.42 Å². The van der Waals surface area contributed by atoms with Crippen LogP contribution in [-0.4, -0.2) is 49.6 Å². The van der Waals surface area contributed by atoms with Crippen LogP contribution in [0.3, 0.4) is 0 Å². The molecule has 7 heteroatoms. The molecule has 0 bridgehead atoms. The van der Waals surface area contributed by atoms with Crippen LogP contribution in [-0.2, 0) is 16.8 Å². The van der Waals surface area contributed by atoms with E-state index in [0.29, 0.717) is 5.39 Å². The molecule has 2 N–H and O–H groups in total. The van der Waals surface area contributed by atoms with Crippen LogP contribution in [0.2, 0.25) is 0 Å². The van der Waals surface area contributed by atoms with Crippen LogP contribution in [0.4, 0.5) is 0 Å². The fourth-order valence-corrected chi connectivity index (χ4v) is 3.11. The normalized spacial score (nSPS) is 12.7. The summed E-state index contributed by atoms with van der Waals surface area (Å²) in [6.07, 6.45) is 3.77. The molecule has 2 rings (SSSR count). The predicted octanol–water partition coefficient (Wildman–Crippen LogP) is 2.38. The van der Waals surface area contributed by atoms with E-state index in [2.05, 4.69) is 26.0 Å². The van der Waals surface area contributed by atoms with Gasteiger partial charge in [-0.05, 0) is 24.1 Å². The number of rotatable bonds is 7. The topological polar surface area (TPSA) is 79.4 Å². The van der Waals surface area contributed by atoms with Gasteiger partial charge in [0, 0.05) is 23.5 Å². The number of aromatic amines is 1. The van der Waals surface area contributed by atoms with Gasteiger partial charge in [0.2, 0.25) is 0 Å². The van der Waals surface area contributed by atoms with Crippen LogP contribution in [0, 0.1) is 0 Å². The zero-order valence-electron chi connectivity index (χ0n) is 13.2. The van der Waals surface area contributed by atoms with Crippen molar-refractivity contribution in [1.82, 2.24) is 4.98 Å². The Morgan fingerprint density at radius 1 is 1.27 bits per heavy atom. The molecule has 6 nitrogen and oxygen atoms in total. The van der Waals surface area contributed by atoms with Crippen LogP contribution in [0.25, 0.3) is 10.9 Å². The van der Waals surface area contributed by atoms with Crippen molar-refractivity contribution in [2.24, 2.45) is 0 Å². The molecule has 122 valence electrons. The Morgan fingerprint density at radius 3 is 2.64 bits per heavy atom. The molecule has 0 unspecified atom stereocenters. The van der Waals surface area contributed by atoms with Crippen molar-refractivity contribution >= 4 is 21.3 Å². The Kier molecular flexibility index (Phi) is 4.79. The van der Waals surface area contributed by atoms with Crippen LogP contribution in [0.15, 0.2) is 24.4 Å². The zero-order chi connectivity index (χ0) is 16.4. The van der Waals surface area contributed by atoms with Gasteiger partial charge in [-0.25, -0.2) is 0 Å². The molecule has 0 radical (unpaired) electrons. The molecule has 2 aromatic rings. The standard InChI is InChI=1S/C15H22N2O4S/c1-4-9-17(2,3)10-8-12-11-16-13-6-5-7-14(15(12)13)21-22(18,19)20/h5-7,11,16H,4,8-10H2,1-3H3/p+1. The minimum absolute atomic E-state index is 0.150. The van der Waals surface area contributed by atoms with Gasteiger partial charge in [-0.15, -0.1) is 0 Å². The van der Waals surface area contributed by atoms with Crippen molar-refractivity contribution in [3.8, 4) is 5.75 Å². The minimum Gasteiger partial charge on any atom is -0.361 e. The first-order chi connectivity index (χ1) is 10.2. The molecule has 0 aliphatic rings. The smallest absolute Gasteiger partial charge is 0.361 e. The quantitative estimate of drug-likeness (QED) is 0.604. The van der Waals surface area contributed by atoms with Gasteiger partial charge in [-0.2, -0.15) is 8.42 Å². The van der Waals surface area contributed by atoms with E-state index in [4.69, 9.17) is 8.74 Å². The third-order valence-corrected chi connectivity index (χ3v) is 4.15. The van der Waals surface area contributed by atoms with E-state index in [-0.39, 0.29) is 5.75 Å². The maximum atomic E-state index is 11.0. The van der Waals surface area contributed by atoms with Gasteiger partial charge >= 0.3 is 10.4 Å². The lowest BCUT2D eigenvalue weighted by Gasteiger charge is -2.29. The average Bonchev–Trinajstić information content (AvgIpc) is 2.79. The summed E-state index contributed by atoms with van der Waals surface area (Å²) in [6.45, 7) is 4.17. The lowest BCUT2D eigenvalue weighted by Crippen LogP contribution is -2.41. The molecular weight excluding hydrogens is 304 g/mol. The monoisotopic (exact) mass is 327 g/mol. The fraction of sp³-hybridized carbons (Fsp3) is 0.467. The van der Waals surface area contributed by atoms with Crippen molar-refractivity contribution in [2.45, 2.75) is 19.8 Å². The Balaban J connectivity index is 2.31. The maximum Gasteiger partial charge on any atom is 0.446 e. The van der Waals surface area contributed by atoms with E-state index in [1.807, 2.05) is 12.3 Å². The molecule has 1 aromatic heterocycles. The fourth-order valence-electron chi connectivity index (χ4n) is 2.74. The summed E-state index contributed by atoms with van der Waals surface area (Å²) < 4.78 is 36.5. The molecular formula is C15H23N2O4S+. The van der Waals surface area contributed by atoms with Gasteiger partial charge < -0.3 is 13.7 Å². The molecule has 0 spiro atoms. The highest BCUT2D eigenvalue weighted by atomic mass is 32.3. The maximum absolute atomic E-state index is 11.0. The Bertz CT molecular complexity index is 750. The summed E-state index contributed by atoms with van der Waals surface area (Å²) in [5.74, 6) is 0.150. The predicted molar refractivity (Wildman–Crippen MR) is 86.3 cm³/mol. The van der Waals surface area contributed by atoms with Crippen molar-refractivity contribution < 1.29 is 21.6 Å². The largest absolute Gasteiger partial charge is 0.446 e. The Hall–Kier alpha value is -1.57. The molecule has 0 saturated heterocycles. The molecule has 0 atom stereocenters. The van der Waals surface area contributed by atoms with Crippen LogP contribution < -0.4 is 4.18 Å². The second kappa shape index (κ2) is 6.28. The van der Waals surface area contributed by atoms with Crippen molar-refractivity contribution in [2.75, 3.05) is 27.2 Å². The van der Waals surface area contributed by atoms with E-state index in [0.717, 1.165) is 41.5 Å². The van der Waals surface area contributed by atoms with Gasteiger partial charge in [0.1, 0.15) is 0 Å². The first kappa shape index (κ1) is 16.8. The van der Waals surface area contributed by atoms with Gasteiger partial charge in [-0.3, -0.25) is 4.55 Å². The van der Waals surface area contributed by atoms with Gasteiger partial charge in [0.25, 0.3) is 0 Å². The number of hydrogen-bond donors (Lipinski definition) is 2. The number of aromatic nitrogens is 1. The number of fused-ring (bicyclic) bond motifs is 1. The zero-order valence-corrected chi connectivity index (χ0v) is 14.0. The number of likely N-dealkylation sites (N-methyl/N-ethyl adjacent to an activating group) is 1. The molecule has 0 aliphatic heterocycles. The Morgan fingerprint density at radius 2 is 2.00 bits per heavy atom. The first-order valence-electron chi connectivity index (χ1n) is 7.30. The molecule has 0 amide bonds. The molecule has 22 heavy (non-hydrogen) atoms. The first-order valence-corrected chi connectivity index (χ1v) is 8.66. The number of quaternary nitrogens is 1. The minimum atomic E-state index is -4.53. The van der Waals surface area contributed by atoms with E-state index >= 15 is 0 Å². The molecule has 1 aromatic carbocycles. The molecule has 0 fully saturated rings. The summed E-state index contributed by atoms with van der Waals surface area (Å²) >= 11 is 0. The summed E-state index contributed by atoms with van der Waals surface area (Å²) in [5.41, 5.74) is 1.77. The number of nitrogens with zero attached hydrogens (tertiary/aromatic N) is 1. The number of hydrogen-bond acceptors (Lipinski definition) is 3. The highest BCUT2D eigenvalue weighted by Gasteiger charge is 2.18. The van der Waals surface area contributed by atoms with Crippen LogP contribution in [0.5, 0.6) is 5.75 Å². The second-order valence-electron chi connectivity index (χ2n) is 6.14. The van der Waals surface area contributed by atoms with E-state index < -0.39 is 10.4 Å². The molecule has 0 aliphatic carbocycles. The highest BCUT2D eigenvalue weighted by molar-refractivity contribution is 7.81. The van der Waals surface area contributed by atoms with Gasteiger partial charge in [-0.1, -0.05) is 13.0 Å². The van der Waals surface area contributed by atoms with Crippen molar-refractivity contribution in [3.63, 3.8) is 0 Å². The lowest BCUT2D eigenvalue weighted by molar-refractivity contribution is -0.890. The third kappa shape index (κ3) is 4.22. The molecule has 0 saturated carbocycles. The SMILES string of the molecule is CCC[N+](C)(C)CCc1c[nH]c2cccc(OS(=O)(=O)O)c12. The van der Waals surface area contributed by atoms with Crippen LogP contribution >= 0.6 is 0 Å². The number of nitrogens with one attached hydrogen (secondary N) is 1. The Labute approximate surface area is 131 Å². The van der Waals surface area contributed by atoms with Crippen molar-refractivity contribution in [1.29, 1.82) is 0 Å². The summed E-state index contributed by atoms with van der Waals surface area (Å²) in [4.78, 5) is 3.12. The van der Waals surface area contributed by atoms with Gasteiger partial charge in [0.15, 0.2) is 5.75 Å². The average molecular weight is 327 g/mol. The number of benzene rings is 1. The van der Waals surface area contributed by atoms with Crippen LogP contribution in [0.1, 0.15) is 18.9 Å². The van der Waals surface area contributed by atoms with E-state index in [1.54, 1.807) is 12.1 Å². The number of H-pyrrole nitrogens is 1. The second-order valence-corrected chi connectivity index (χ2v) is 7.16.